The summed E-state index contributed by atoms with van der Waals surface area (Å²) < 4.78 is 0.566. The van der Waals surface area contributed by atoms with Crippen molar-refractivity contribution in [1.29, 1.82) is 0 Å². The molecule has 1 aliphatic carbocycles. The van der Waals surface area contributed by atoms with E-state index in [4.69, 9.17) is 0 Å². The van der Waals surface area contributed by atoms with Crippen molar-refractivity contribution < 1.29 is 24.9 Å². The summed E-state index contributed by atoms with van der Waals surface area (Å²) in [6.45, 7) is 1.72. The van der Waals surface area contributed by atoms with Crippen molar-refractivity contribution in [3.63, 3.8) is 0 Å². The molecule has 2 aromatic rings. The van der Waals surface area contributed by atoms with E-state index in [1.54, 1.807) is 29.5 Å². The van der Waals surface area contributed by atoms with E-state index in [0.29, 0.717) is 9.13 Å². The zero-order valence-corrected chi connectivity index (χ0v) is 15.4. The Bertz CT molecular complexity index is 817. The van der Waals surface area contributed by atoms with Crippen LogP contribution in [0.3, 0.4) is 0 Å². The van der Waals surface area contributed by atoms with Gasteiger partial charge in [-0.05, 0) is 69.8 Å². The average Bonchev–Trinajstić information content (AvgIpc) is 2.47. The molecule has 2 aromatic carbocycles. The van der Waals surface area contributed by atoms with E-state index in [0.717, 1.165) is 0 Å². The summed E-state index contributed by atoms with van der Waals surface area (Å²) in [6.07, 6.45) is 0. The lowest BCUT2D eigenvalue weighted by Crippen LogP contribution is -2.22. The molecule has 3 rings (SSSR count). The number of halogens is 2. The third-order valence-electron chi connectivity index (χ3n) is 3.58. The maximum Gasteiger partial charge on any atom is 0.202 e. The quantitative estimate of drug-likeness (QED) is 0.395. The van der Waals surface area contributed by atoms with Crippen LogP contribution in [0.15, 0.2) is 12.1 Å². The number of aromatic hydroxyl groups is 3. The van der Waals surface area contributed by atoms with E-state index in [-0.39, 0.29) is 37.3 Å². The molecule has 7 heteroatoms. The van der Waals surface area contributed by atoms with Gasteiger partial charge in [-0.2, -0.15) is 0 Å². The van der Waals surface area contributed by atoms with Crippen LogP contribution in [0.5, 0.6) is 17.2 Å². The molecule has 5 nitrogen and oxygen atoms in total. The molecule has 0 spiro atoms. The highest BCUT2D eigenvalue weighted by Gasteiger charge is 2.37. The number of hydrogen-bond donors (Lipinski definition) is 3. The lowest BCUT2D eigenvalue weighted by molar-refractivity contribution is 0.0973. The van der Waals surface area contributed by atoms with Gasteiger partial charge in [0.1, 0.15) is 17.2 Å². The second-order valence-corrected chi connectivity index (χ2v) is 7.08. The third kappa shape index (κ3) is 1.94. The molecule has 22 heavy (non-hydrogen) atoms. The van der Waals surface area contributed by atoms with E-state index >= 15 is 0 Å². The molecule has 112 valence electrons. The first-order valence-electron chi connectivity index (χ1n) is 6.11. The Morgan fingerprint density at radius 3 is 1.91 bits per heavy atom. The first kappa shape index (κ1) is 15.5. The predicted octanol–water partition coefficient (Wildman–Crippen LogP) is 3.10. The first-order valence-corrected chi connectivity index (χ1v) is 8.27. The summed E-state index contributed by atoms with van der Waals surface area (Å²) in [5.41, 5.74) is 0.389. The van der Waals surface area contributed by atoms with Crippen LogP contribution in [-0.2, 0) is 0 Å². The van der Waals surface area contributed by atoms with Crippen molar-refractivity contribution >= 4 is 56.7 Å². The summed E-state index contributed by atoms with van der Waals surface area (Å²) in [4.78, 5) is 25.3. The number of phenols is 3. The topological polar surface area (TPSA) is 94.8 Å². The minimum absolute atomic E-state index is 0.0621. The summed E-state index contributed by atoms with van der Waals surface area (Å²) in [6, 6.07) is 2.70. The minimum atomic E-state index is -0.629. The Morgan fingerprint density at radius 1 is 0.818 bits per heavy atom. The molecule has 0 aromatic heterocycles. The van der Waals surface area contributed by atoms with E-state index in [9.17, 15) is 24.9 Å². The highest BCUT2D eigenvalue weighted by atomic mass is 127. The number of hydrogen-bond acceptors (Lipinski definition) is 5. The highest BCUT2D eigenvalue weighted by Crippen LogP contribution is 2.43. The lowest BCUT2D eigenvalue weighted by atomic mass is 9.82. The number of carbonyl (C=O) groups excluding carboxylic acids is 2. The number of rotatable bonds is 0. The number of benzene rings is 2. The van der Waals surface area contributed by atoms with E-state index in [1.165, 1.54) is 12.1 Å². The lowest BCUT2D eigenvalue weighted by Gasteiger charge is -2.21. The van der Waals surface area contributed by atoms with Gasteiger partial charge >= 0.3 is 0 Å². The second kappa shape index (κ2) is 5.08. The molecule has 0 saturated carbocycles. The summed E-state index contributed by atoms with van der Waals surface area (Å²) in [5.74, 6) is -2.12. The van der Waals surface area contributed by atoms with Gasteiger partial charge in [0.05, 0.1) is 18.3 Å². The van der Waals surface area contributed by atoms with Gasteiger partial charge in [0, 0.05) is 11.1 Å². The maximum absolute atomic E-state index is 12.7. The van der Waals surface area contributed by atoms with Gasteiger partial charge in [-0.1, -0.05) is 0 Å². The number of fused-ring (bicyclic) bond motifs is 2. The normalized spacial score (nSPS) is 13.0. The summed E-state index contributed by atoms with van der Waals surface area (Å²) in [5, 5.41) is 30.1. The Kier molecular flexibility index (Phi) is 3.59. The van der Waals surface area contributed by atoms with Gasteiger partial charge in [0.15, 0.2) is 5.78 Å². The van der Waals surface area contributed by atoms with E-state index in [1.807, 2.05) is 22.6 Å². The Labute approximate surface area is 152 Å². The molecule has 0 amide bonds. The molecule has 1 aliphatic rings. The fourth-order valence-electron chi connectivity index (χ4n) is 2.49. The molecule has 0 heterocycles. The number of aryl methyl sites for hydroxylation is 1. The largest absolute Gasteiger partial charge is 0.507 e. The Morgan fingerprint density at radius 2 is 1.32 bits per heavy atom. The smallest absolute Gasteiger partial charge is 0.202 e. The number of carbonyl (C=O) groups is 2. The second-order valence-electron chi connectivity index (χ2n) is 4.92. The van der Waals surface area contributed by atoms with Gasteiger partial charge in [0.2, 0.25) is 5.78 Å². The molecule has 0 fully saturated rings. The fraction of sp³-hybridized carbons (Fsp3) is 0.0667. The Balaban J connectivity index is 2.43. The molecule has 0 bridgehead atoms. The zero-order valence-electron chi connectivity index (χ0n) is 11.1. The van der Waals surface area contributed by atoms with Crippen LogP contribution in [0, 0.1) is 14.1 Å². The van der Waals surface area contributed by atoms with Crippen LogP contribution in [0.2, 0.25) is 0 Å². The van der Waals surface area contributed by atoms with Crippen LogP contribution in [0.4, 0.5) is 0 Å². The third-order valence-corrected chi connectivity index (χ3v) is 6.01. The summed E-state index contributed by atoms with van der Waals surface area (Å²) >= 11 is 3.58. The van der Waals surface area contributed by atoms with Crippen LogP contribution >= 0.6 is 45.2 Å². The first-order chi connectivity index (χ1) is 10.3. The van der Waals surface area contributed by atoms with Gasteiger partial charge in [0.25, 0.3) is 0 Å². The number of ketones is 2. The fourth-order valence-corrected chi connectivity index (χ4v) is 3.35. The van der Waals surface area contributed by atoms with Crippen molar-refractivity contribution in [2.24, 2.45) is 0 Å². The van der Waals surface area contributed by atoms with E-state index in [2.05, 4.69) is 0 Å². The van der Waals surface area contributed by atoms with Gasteiger partial charge in [-0.15, -0.1) is 0 Å². The van der Waals surface area contributed by atoms with E-state index < -0.39 is 17.3 Å². The minimum Gasteiger partial charge on any atom is -0.507 e. The standard InChI is InChI=1S/C15H8I2O5/c1-4-2-5-8(14(21)10(4)16)13(20)9-6(12(5)19)3-7(18)11(17)15(9)22/h2-3,18,21-22H,1H3. The van der Waals surface area contributed by atoms with Crippen molar-refractivity contribution in [1.82, 2.24) is 0 Å². The highest BCUT2D eigenvalue weighted by molar-refractivity contribution is 14.1. The molecule has 0 radical (unpaired) electrons. The molecule has 0 saturated heterocycles. The maximum atomic E-state index is 12.7. The summed E-state index contributed by atoms with van der Waals surface area (Å²) in [7, 11) is 0. The molecule has 3 N–H and O–H groups in total. The zero-order chi connectivity index (χ0) is 16.3. The SMILES string of the molecule is Cc1cc2c(c(O)c1I)C(=O)c1c(cc(O)c(I)c1O)C2=O. The van der Waals surface area contributed by atoms with Crippen LogP contribution in [0.25, 0.3) is 0 Å². The van der Waals surface area contributed by atoms with Crippen molar-refractivity contribution in [2.75, 3.05) is 0 Å². The predicted molar refractivity (Wildman–Crippen MR) is 94.9 cm³/mol. The van der Waals surface area contributed by atoms with Crippen LogP contribution < -0.4 is 0 Å². The van der Waals surface area contributed by atoms with Crippen molar-refractivity contribution in [3.05, 3.63) is 47.1 Å². The van der Waals surface area contributed by atoms with Gasteiger partial charge in [-0.25, -0.2) is 0 Å². The molecular weight excluding hydrogens is 514 g/mol. The monoisotopic (exact) mass is 522 g/mol. The molecule has 0 unspecified atom stereocenters. The van der Waals surface area contributed by atoms with Gasteiger partial charge < -0.3 is 15.3 Å². The molecule has 0 aliphatic heterocycles. The molecule has 0 atom stereocenters. The number of phenolic OH excluding ortho intramolecular Hbond substituents is 3. The van der Waals surface area contributed by atoms with Crippen LogP contribution in [0.1, 0.15) is 37.4 Å². The average molecular weight is 522 g/mol. The van der Waals surface area contributed by atoms with Gasteiger partial charge in [-0.3, -0.25) is 9.59 Å². The van der Waals surface area contributed by atoms with Crippen molar-refractivity contribution in [2.45, 2.75) is 6.92 Å². The van der Waals surface area contributed by atoms with Crippen LogP contribution in [-0.4, -0.2) is 26.9 Å². The van der Waals surface area contributed by atoms with Crippen molar-refractivity contribution in [3.8, 4) is 17.2 Å². The Hall–Kier alpha value is -1.36. The molecular formula is C15H8I2O5.